The first kappa shape index (κ1) is 33.9. The number of carbonyl (C=O) groups excluding carboxylic acids is 2. The van der Waals surface area contributed by atoms with Crippen molar-refractivity contribution in [3.8, 4) is 11.3 Å². The van der Waals surface area contributed by atoms with Crippen molar-refractivity contribution in [1.82, 2.24) is 39.5 Å². The molecule has 4 N–H and O–H groups in total. The molecule has 4 aromatic rings. The number of anilines is 1. The molecule has 3 aliphatic carbocycles. The van der Waals surface area contributed by atoms with E-state index >= 15 is 0 Å². The van der Waals surface area contributed by atoms with E-state index in [0.717, 1.165) is 25.0 Å². The van der Waals surface area contributed by atoms with Crippen molar-refractivity contribution in [3.05, 3.63) is 55.0 Å². The molecule has 50 heavy (non-hydrogen) atoms. The van der Waals surface area contributed by atoms with Gasteiger partial charge in [-0.25, -0.2) is 19.6 Å². The van der Waals surface area contributed by atoms with Gasteiger partial charge in [-0.3, -0.25) is 14.6 Å². The first-order valence-electron chi connectivity index (χ1n) is 17.3. The summed E-state index contributed by atoms with van der Waals surface area (Å²) in [4.78, 5) is 44.7. The van der Waals surface area contributed by atoms with Gasteiger partial charge in [-0.2, -0.15) is 0 Å². The van der Waals surface area contributed by atoms with Crippen molar-refractivity contribution < 1.29 is 24.5 Å². The molecule has 14 nitrogen and oxygen atoms in total. The minimum Gasteiger partial charge on any atom is -0.460 e. The van der Waals surface area contributed by atoms with Crippen LogP contribution in [0.3, 0.4) is 0 Å². The highest BCUT2D eigenvalue weighted by molar-refractivity contribution is 5.86. The number of ether oxygens (including phenoxy) is 1. The fourth-order valence-corrected chi connectivity index (χ4v) is 9.51. The van der Waals surface area contributed by atoms with Crippen molar-refractivity contribution in [2.24, 2.45) is 34.0 Å². The molecule has 2 bridgehead atoms. The number of ketones is 1. The summed E-state index contributed by atoms with van der Waals surface area (Å²) in [6.45, 7) is 12.1. The van der Waals surface area contributed by atoms with Crippen LogP contribution in [-0.4, -0.2) is 73.7 Å². The molecule has 0 spiro atoms. The summed E-state index contributed by atoms with van der Waals surface area (Å²) >= 11 is 0. The summed E-state index contributed by atoms with van der Waals surface area (Å²) in [6, 6.07) is 3.65. The highest BCUT2D eigenvalue weighted by Gasteiger charge is 2.68. The second-order valence-corrected chi connectivity index (χ2v) is 15.1. The van der Waals surface area contributed by atoms with Crippen LogP contribution in [0, 0.1) is 34.0 Å². The second kappa shape index (κ2) is 12.3. The molecular weight excluding hydrogens is 638 g/mol. The number of aliphatic hydroxyl groups is 2. The lowest BCUT2D eigenvalue weighted by Crippen LogP contribution is -2.63. The van der Waals surface area contributed by atoms with Crippen molar-refractivity contribution in [2.75, 3.05) is 5.73 Å². The van der Waals surface area contributed by atoms with Crippen LogP contribution in [0.4, 0.5) is 5.82 Å². The summed E-state index contributed by atoms with van der Waals surface area (Å²) in [6.07, 6.45) is 8.29. The molecule has 0 aliphatic heterocycles. The second-order valence-electron chi connectivity index (χ2n) is 15.1. The minimum atomic E-state index is -0.751. The van der Waals surface area contributed by atoms with Crippen LogP contribution in [0.15, 0.2) is 43.6 Å². The molecule has 0 amide bonds. The van der Waals surface area contributed by atoms with Gasteiger partial charge in [0, 0.05) is 34.9 Å². The first-order chi connectivity index (χ1) is 23.9. The number of nitrogen functional groups attached to an aromatic ring is 1. The summed E-state index contributed by atoms with van der Waals surface area (Å²) < 4.78 is 9.55. The Bertz CT molecular complexity index is 1960. The van der Waals surface area contributed by atoms with Crippen molar-refractivity contribution in [2.45, 2.75) is 91.7 Å². The largest absolute Gasteiger partial charge is 0.460 e. The smallest absolute Gasteiger partial charge is 0.328 e. The van der Waals surface area contributed by atoms with Crippen molar-refractivity contribution in [3.63, 3.8) is 0 Å². The van der Waals surface area contributed by atoms with E-state index in [1.807, 2.05) is 23.6 Å². The number of hydrogen-bond acceptors (Lipinski definition) is 12. The number of aromatic nitrogens is 8. The molecule has 3 aliphatic rings. The SMILES string of the molecule is C=C[C@]1(C)C[C@@H](OC(=O)Cn2nnc(-c3ccc(Cn4cnc5c(N)ncnc54)nc3)c2CO)[C@]2(C)[C@H](C)CC[C@]3(CCC(=O)[C@H]32)[C@@H](C)[C@@H]1O. The zero-order chi connectivity index (χ0) is 35.6. The number of esters is 1. The summed E-state index contributed by atoms with van der Waals surface area (Å²) in [5.41, 5.74) is 7.36. The maximum Gasteiger partial charge on any atom is 0.328 e. The predicted molar refractivity (Wildman–Crippen MR) is 183 cm³/mol. The highest BCUT2D eigenvalue weighted by Crippen LogP contribution is 2.68. The van der Waals surface area contributed by atoms with Crippen LogP contribution >= 0.6 is 0 Å². The van der Waals surface area contributed by atoms with E-state index in [-0.39, 0.29) is 35.5 Å². The normalized spacial score (nSPS) is 32.4. The molecule has 4 heterocycles. The number of hydrogen-bond donors (Lipinski definition) is 3. The van der Waals surface area contributed by atoms with Gasteiger partial charge in [0.1, 0.15) is 36.0 Å². The Morgan fingerprint density at radius 2 is 1.98 bits per heavy atom. The van der Waals surface area contributed by atoms with E-state index in [9.17, 15) is 19.8 Å². The van der Waals surface area contributed by atoms with Gasteiger partial charge in [-0.1, -0.05) is 39.0 Å². The topological polar surface area (TPSA) is 197 Å². The fraction of sp³-hybridized carbons (Fsp3) is 0.556. The summed E-state index contributed by atoms with van der Waals surface area (Å²) in [5, 5.41) is 30.7. The van der Waals surface area contributed by atoms with E-state index in [1.54, 1.807) is 18.6 Å². The van der Waals surface area contributed by atoms with E-state index in [1.165, 1.54) is 11.0 Å². The third-order valence-corrected chi connectivity index (χ3v) is 12.7. The van der Waals surface area contributed by atoms with E-state index in [0.29, 0.717) is 53.3 Å². The van der Waals surface area contributed by atoms with Crippen LogP contribution in [0.2, 0.25) is 0 Å². The third-order valence-electron chi connectivity index (χ3n) is 12.7. The molecule has 0 unspecified atom stereocenters. The van der Waals surface area contributed by atoms with Gasteiger partial charge in [-0.05, 0) is 55.1 Å². The van der Waals surface area contributed by atoms with Crippen LogP contribution in [-0.2, 0) is 34.0 Å². The Labute approximate surface area is 290 Å². The van der Waals surface area contributed by atoms with Crippen LogP contribution in [0.5, 0.6) is 0 Å². The number of rotatable bonds is 8. The molecule has 3 fully saturated rings. The quantitative estimate of drug-likeness (QED) is 0.181. The average Bonchev–Trinajstić information content (AvgIpc) is 3.81. The van der Waals surface area contributed by atoms with Crippen LogP contribution in [0.25, 0.3) is 22.4 Å². The molecule has 4 aromatic heterocycles. The van der Waals surface area contributed by atoms with Gasteiger partial charge in [0.15, 0.2) is 11.5 Å². The van der Waals surface area contributed by atoms with E-state index in [2.05, 4.69) is 57.6 Å². The van der Waals surface area contributed by atoms with Crippen molar-refractivity contribution in [1.29, 1.82) is 0 Å². The molecule has 0 radical (unpaired) electrons. The fourth-order valence-electron chi connectivity index (χ4n) is 9.51. The number of imidazole rings is 1. The number of carbonyl (C=O) groups is 2. The summed E-state index contributed by atoms with van der Waals surface area (Å²) in [5.74, 6) is -0.391. The van der Waals surface area contributed by atoms with Gasteiger partial charge in [0.05, 0.1) is 37.0 Å². The molecule has 0 saturated heterocycles. The number of fused-ring (bicyclic) bond motifs is 1. The molecule has 8 atom stereocenters. The van der Waals surface area contributed by atoms with Crippen LogP contribution in [0.1, 0.15) is 71.2 Å². The minimum absolute atomic E-state index is 0.109. The van der Waals surface area contributed by atoms with Gasteiger partial charge < -0.3 is 25.3 Å². The molecular formula is C36H45N9O5. The molecule has 14 heteroatoms. The summed E-state index contributed by atoms with van der Waals surface area (Å²) in [7, 11) is 0. The van der Waals surface area contributed by atoms with Crippen LogP contribution < -0.4 is 5.73 Å². The molecule has 3 saturated carbocycles. The van der Waals surface area contributed by atoms with E-state index < -0.39 is 35.6 Å². The Morgan fingerprint density at radius 1 is 1.18 bits per heavy atom. The van der Waals surface area contributed by atoms with Gasteiger partial charge in [0.25, 0.3) is 0 Å². The zero-order valence-electron chi connectivity index (χ0n) is 29.0. The Hall–Kier alpha value is -4.56. The lowest BCUT2D eigenvalue weighted by atomic mass is 9.44. The molecule has 264 valence electrons. The van der Waals surface area contributed by atoms with Crippen molar-refractivity contribution >= 4 is 28.7 Å². The van der Waals surface area contributed by atoms with Gasteiger partial charge >= 0.3 is 5.97 Å². The van der Waals surface area contributed by atoms with Gasteiger partial charge in [0.2, 0.25) is 0 Å². The first-order valence-corrected chi connectivity index (χ1v) is 17.3. The Balaban J connectivity index is 1.13. The number of pyridine rings is 1. The van der Waals surface area contributed by atoms with Gasteiger partial charge in [-0.15, -0.1) is 11.7 Å². The monoisotopic (exact) mass is 683 g/mol. The standard InChI is InChI=1S/C36H45N9O5/c1-6-34(4)13-26(35(5)20(2)9-11-36(21(3)31(34)49)12-10-25(47)30(35)36)50-27(48)16-45-24(17-46)28(42-43-45)22-7-8-23(38-14-22)15-44-19-41-29-32(37)39-18-40-33(29)44/h6-8,14,18-21,26,30-31,46,49H,1,9-13,15-17H2,2-5H3,(H2,37,39,40)/t20-,21+,26-,30+,31+,34-,35+,36+/m1/s1. The average molecular weight is 684 g/mol. The maximum absolute atomic E-state index is 13.8. The number of Topliss-reactive ketones (excluding diaryl/α,β-unsaturated/α-hetero) is 1. The predicted octanol–water partition coefficient (Wildman–Crippen LogP) is 3.51. The lowest BCUT2D eigenvalue weighted by molar-refractivity contribution is -0.207. The van der Waals surface area contributed by atoms with E-state index in [4.69, 9.17) is 10.5 Å². The molecule has 7 rings (SSSR count). The zero-order valence-corrected chi connectivity index (χ0v) is 29.0. The molecule has 0 aromatic carbocycles. The Kier molecular flexibility index (Phi) is 8.37. The number of nitrogens with two attached hydrogens (primary N) is 1. The maximum atomic E-state index is 13.8. The Morgan fingerprint density at radius 3 is 2.70 bits per heavy atom. The third kappa shape index (κ3) is 5.13. The number of aliphatic hydroxyl groups excluding tert-OH is 2. The highest BCUT2D eigenvalue weighted by atomic mass is 16.5. The number of nitrogens with zero attached hydrogens (tertiary/aromatic N) is 8. The lowest BCUT2D eigenvalue weighted by Gasteiger charge is -2.61.